The normalized spacial score (nSPS) is 31.2. The highest BCUT2D eigenvalue weighted by molar-refractivity contribution is 7.99. The lowest BCUT2D eigenvalue weighted by Gasteiger charge is -2.32. The van der Waals surface area contributed by atoms with Gasteiger partial charge in [-0.1, -0.05) is 13.8 Å². The Morgan fingerprint density at radius 1 is 1.42 bits per heavy atom. The third-order valence-electron chi connectivity index (χ3n) is 4.18. The van der Waals surface area contributed by atoms with Crippen LogP contribution in [-0.2, 0) is 6.42 Å². The first-order valence-electron chi connectivity index (χ1n) is 6.99. The molecule has 3 rings (SSSR count). The Kier molecular flexibility index (Phi) is 3.67. The molecule has 2 aliphatic rings. The van der Waals surface area contributed by atoms with Crippen LogP contribution in [-0.4, -0.2) is 35.0 Å². The van der Waals surface area contributed by atoms with Crippen LogP contribution in [0, 0.1) is 5.41 Å². The molecule has 5 heteroatoms. The zero-order valence-electron chi connectivity index (χ0n) is 12.0. The second kappa shape index (κ2) is 5.02. The van der Waals surface area contributed by atoms with Crippen molar-refractivity contribution in [3.63, 3.8) is 0 Å². The maximum atomic E-state index is 6.35. The van der Waals surface area contributed by atoms with E-state index in [-0.39, 0.29) is 6.04 Å². The van der Waals surface area contributed by atoms with E-state index in [1.807, 2.05) is 23.1 Å². The van der Waals surface area contributed by atoms with Crippen molar-refractivity contribution in [2.75, 3.05) is 25.1 Å². The molecule has 2 unspecified atom stereocenters. The highest BCUT2D eigenvalue weighted by atomic mass is 32.2. The molecule has 1 fully saturated rings. The Morgan fingerprint density at radius 2 is 2.21 bits per heavy atom. The van der Waals surface area contributed by atoms with Crippen molar-refractivity contribution >= 4 is 23.1 Å². The third kappa shape index (κ3) is 2.71. The standard InChI is InChI=1S/C14H23N3S2/c1-14(2)6-9(15)12-10(7-14)16-13(19-12)11-8-18-5-4-17(11)3/h9,11H,4-8,15H2,1-3H3. The first-order valence-corrected chi connectivity index (χ1v) is 8.96. The molecule has 0 bridgehead atoms. The SMILES string of the molecule is CN1CCSCC1c1nc2c(s1)C(N)CC(C)(C)C2. The van der Waals surface area contributed by atoms with Gasteiger partial charge in [-0.05, 0) is 25.3 Å². The lowest BCUT2D eigenvalue weighted by molar-refractivity contribution is 0.270. The lowest BCUT2D eigenvalue weighted by Crippen LogP contribution is -2.32. The number of hydrogen-bond donors (Lipinski definition) is 1. The molecular formula is C14H23N3S2. The van der Waals surface area contributed by atoms with Crippen molar-refractivity contribution in [2.24, 2.45) is 11.1 Å². The summed E-state index contributed by atoms with van der Waals surface area (Å²) in [7, 11) is 2.22. The minimum atomic E-state index is 0.187. The highest BCUT2D eigenvalue weighted by Gasteiger charge is 2.35. The second-order valence-corrected chi connectivity index (χ2v) is 8.80. The van der Waals surface area contributed by atoms with Crippen molar-refractivity contribution in [3.05, 3.63) is 15.6 Å². The van der Waals surface area contributed by atoms with E-state index >= 15 is 0 Å². The molecule has 2 N–H and O–H groups in total. The van der Waals surface area contributed by atoms with Crippen LogP contribution >= 0.6 is 23.1 Å². The summed E-state index contributed by atoms with van der Waals surface area (Å²) >= 11 is 3.91. The molecule has 0 radical (unpaired) electrons. The Bertz CT molecular complexity index is 469. The van der Waals surface area contributed by atoms with Crippen molar-refractivity contribution in [3.8, 4) is 0 Å². The number of nitrogens with two attached hydrogens (primary N) is 1. The first kappa shape index (κ1) is 13.9. The lowest BCUT2D eigenvalue weighted by atomic mass is 9.77. The number of thioether (sulfide) groups is 1. The Hall–Kier alpha value is -0.100. The maximum absolute atomic E-state index is 6.35. The van der Waals surface area contributed by atoms with Gasteiger partial charge in [0.05, 0.1) is 11.7 Å². The largest absolute Gasteiger partial charge is 0.323 e. The van der Waals surface area contributed by atoms with Crippen molar-refractivity contribution in [1.29, 1.82) is 0 Å². The van der Waals surface area contributed by atoms with Gasteiger partial charge in [0.15, 0.2) is 0 Å². The summed E-state index contributed by atoms with van der Waals surface area (Å²) in [6, 6.07) is 0.677. The van der Waals surface area contributed by atoms with Gasteiger partial charge >= 0.3 is 0 Å². The Morgan fingerprint density at radius 3 is 2.95 bits per heavy atom. The predicted molar refractivity (Wildman–Crippen MR) is 83.8 cm³/mol. The molecule has 1 aromatic heterocycles. The van der Waals surface area contributed by atoms with E-state index in [0.717, 1.165) is 19.4 Å². The fourth-order valence-corrected chi connectivity index (χ4v) is 5.68. The van der Waals surface area contributed by atoms with Crippen LogP contribution in [0.25, 0.3) is 0 Å². The average Bonchev–Trinajstić information content (AvgIpc) is 2.71. The van der Waals surface area contributed by atoms with E-state index in [2.05, 4.69) is 25.8 Å². The van der Waals surface area contributed by atoms with E-state index in [1.54, 1.807) is 0 Å². The van der Waals surface area contributed by atoms with Crippen LogP contribution in [0.5, 0.6) is 0 Å². The number of fused-ring (bicyclic) bond motifs is 1. The molecule has 0 aromatic carbocycles. The van der Waals surface area contributed by atoms with Gasteiger partial charge in [0.25, 0.3) is 0 Å². The maximum Gasteiger partial charge on any atom is 0.111 e. The van der Waals surface area contributed by atoms with Crippen LogP contribution < -0.4 is 5.73 Å². The van der Waals surface area contributed by atoms with Crippen molar-refractivity contribution in [1.82, 2.24) is 9.88 Å². The van der Waals surface area contributed by atoms with Crippen LogP contribution in [0.4, 0.5) is 0 Å². The summed E-state index contributed by atoms with van der Waals surface area (Å²) in [5, 5.41) is 1.29. The highest BCUT2D eigenvalue weighted by Crippen LogP contribution is 2.43. The average molecular weight is 297 g/mol. The summed E-state index contributed by atoms with van der Waals surface area (Å²) in [4.78, 5) is 8.74. The van der Waals surface area contributed by atoms with E-state index < -0.39 is 0 Å². The van der Waals surface area contributed by atoms with E-state index in [9.17, 15) is 0 Å². The molecule has 0 saturated carbocycles. The van der Waals surface area contributed by atoms with E-state index in [0.29, 0.717) is 11.5 Å². The van der Waals surface area contributed by atoms with Crippen molar-refractivity contribution in [2.45, 2.75) is 38.8 Å². The number of thiazole rings is 1. The summed E-state index contributed by atoms with van der Waals surface area (Å²) in [6.45, 7) is 5.77. The molecule has 0 amide bonds. The molecule has 1 aliphatic carbocycles. The second-order valence-electron chi connectivity index (χ2n) is 6.59. The van der Waals surface area contributed by atoms with Gasteiger partial charge in [-0.3, -0.25) is 4.90 Å². The molecule has 2 heterocycles. The topological polar surface area (TPSA) is 42.2 Å². The fraction of sp³-hybridized carbons (Fsp3) is 0.786. The van der Waals surface area contributed by atoms with Crippen LogP contribution in [0.15, 0.2) is 0 Å². The van der Waals surface area contributed by atoms with Gasteiger partial charge in [0, 0.05) is 29.0 Å². The number of rotatable bonds is 1. The van der Waals surface area contributed by atoms with Crippen LogP contribution in [0.1, 0.15) is 47.9 Å². The molecule has 19 heavy (non-hydrogen) atoms. The first-order chi connectivity index (χ1) is 8.96. The van der Waals surface area contributed by atoms with Crippen molar-refractivity contribution < 1.29 is 0 Å². The number of nitrogens with zero attached hydrogens (tertiary/aromatic N) is 2. The van der Waals surface area contributed by atoms with E-state index in [1.165, 1.54) is 27.1 Å². The molecule has 3 nitrogen and oxygen atoms in total. The summed E-state index contributed by atoms with van der Waals surface area (Å²) in [5.41, 5.74) is 7.92. The van der Waals surface area contributed by atoms with E-state index in [4.69, 9.17) is 10.7 Å². The minimum absolute atomic E-state index is 0.187. The smallest absolute Gasteiger partial charge is 0.111 e. The number of aromatic nitrogens is 1. The van der Waals surface area contributed by atoms with Gasteiger partial charge in [0.2, 0.25) is 0 Å². The van der Waals surface area contributed by atoms with Gasteiger partial charge < -0.3 is 5.73 Å². The number of hydrogen-bond acceptors (Lipinski definition) is 5. The van der Waals surface area contributed by atoms with Crippen LogP contribution in [0.3, 0.4) is 0 Å². The summed E-state index contributed by atoms with van der Waals surface area (Å²) < 4.78 is 0. The molecule has 1 aliphatic heterocycles. The molecule has 106 valence electrons. The summed E-state index contributed by atoms with van der Waals surface area (Å²) in [5.74, 6) is 2.41. The zero-order chi connectivity index (χ0) is 13.6. The zero-order valence-corrected chi connectivity index (χ0v) is 13.6. The van der Waals surface area contributed by atoms with Gasteiger partial charge in [0.1, 0.15) is 5.01 Å². The predicted octanol–water partition coefficient (Wildman–Crippen LogP) is 2.84. The molecule has 1 saturated heterocycles. The third-order valence-corrected chi connectivity index (χ3v) is 6.53. The molecular weight excluding hydrogens is 274 g/mol. The van der Waals surface area contributed by atoms with Crippen LogP contribution in [0.2, 0.25) is 0 Å². The monoisotopic (exact) mass is 297 g/mol. The molecule has 1 aromatic rings. The minimum Gasteiger partial charge on any atom is -0.323 e. The van der Waals surface area contributed by atoms with Gasteiger partial charge in [-0.15, -0.1) is 11.3 Å². The fourth-order valence-electron chi connectivity index (χ4n) is 3.10. The molecule has 2 atom stereocenters. The van der Waals surface area contributed by atoms with Gasteiger partial charge in [-0.25, -0.2) is 4.98 Å². The van der Waals surface area contributed by atoms with Gasteiger partial charge in [-0.2, -0.15) is 11.8 Å². The Labute approximate surface area is 124 Å². The molecule has 0 spiro atoms. The summed E-state index contributed by atoms with van der Waals surface area (Å²) in [6.07, 6.45) is 2.16. The Balaban J connectivity index is 1.90. The quantitative estimate of drug-likeness (QED) is 0.865.